The Kier molecular flexibility index (Phi) is 14.4. The molecule has 0 saturated heterocycles. The van der Waals surface area contributed by atoms with Crippen LogP contribution in [-0.2, 0) is 9.53 Å². The number of unbranched alkanes of at least 4 members (excludes halogenated alkanes) is 9. The van der Waals surface area contributed by atoms with Gasteiger partial charge < -0.3 is 9.64 Å². The maximum Gasteiger partial charge on any atom is 0.305 e. The summed E-state index contributed by atoms with van der Waals surface area (Å²) in [6.07, 6.45) is 13.6. The van der Waals surface area contributed by atoms with Gasteiger partial charge in [-0.2, -0.15) is 0 Å². The molecule has 0 fully saturated rings. The highest BCUT2D eigenvalue weighted by Crippen LogP contribution is 2.11. The van der Waals surface area contributed by atoms with E-state index in [1.54, 1.807) is 0 Å². The Morgan fingerprint density at radius 2 is 1.35 bits per heavy atom. The van der Waals surface area contributed by atoms with E-state index in [1.807, 2.05) is 19.0 Å². The van der Waals surface area contributed by atoms with Gasteiger partial charge >= 0.3 is 5.97 Å². The Hall–Kier alpha value is -0.570. The summed E-state index contributed by atoms with van der Waals surface area (Å²) < 4.78 is 5.15. The van der Waals surface area contributed by atoms with Crippen molar-refractivity contribution in [1.29, 1.82) is 0 Å². The number of carbonyl (C=O) groups excluding carboxylic acids is 1. The van der Waals surface area contributed by atoms with Crippen molar-refractivity contribution in [2.24, 2.45) is 0 Å². The number of rotatable bonds is 14. The molecule has 0 heterocycles. The largest absolute Gasteiger partial charge is 0.464 e. The molecule has 0 aromatic carbocycles. The first-order valence-corrected chi connectivity index (χ1v) is 8.47. The quantitative estimate of drug-likeness (QED) is 0.350. The average Bonchev–Trinajstić information content (AvgIpc) is 2.40. The highest BCUT2D eigenvalue weighted by molar-refractivity contribution is 5.69. The van der Waals surface area contributed by atoms with Gasteiger partial charge in [0.25, 0.3) is 0 Å². The molecule has 0 atom stereocenters. The van der Waals surface area contributed by atoms with E-state index in [-0.39, 0.29) is 5.97 Å². The van der Waals surface area contributed by atoms with Crippen molar-refractivity contribution in [3.8, 4) is 0 Å². The van der Waals surface area contributed by atoms with Crippen LogP contribution in [0.15, 0.2) is 0 Å². The number of ether oxygens (including phenoxy) is 1. The molecule has 0 aliphatic rings. The fraction of sp³-hybridized carbons (Fsp3) is 0.941. The Bertz CT molecular complexity index is 217. The van der Waals surface area contributed by atoms with Crippen molar-refractivity contribution < 1.29 is 9.53 Å². The van der Waals surface area contributed by atoms with Crippen LogP contribution in [0.4, 0.5) is 0 Å². The van der Waals surface area contributed by atoms with Gasteiger partial charge in [0.15, 0.2) is 0 Å². The fourth-order valence-electron chi connectivity index (χ4n) is 2.17. The predicted octanol–water partition coefficient (Wildman–Crippen LogP) is 4.40. The first kappa shape index (κ1) is 19.4. The van der Waals surface area contributed by atoms with Gasteiger partial charge in [-0.1, -0.05) is 64.7 Å². The lowest BCUT2D eigenvalue weighted by atomic mass is 10.1. The highest BCUT2D eigenvalue weighted by Gasteiger charge is 2.02. The van der Waals surface area contributed by atoms with Crippen LogP contribution >= 0.6 is 0 Å². The molecule has 0 spiro atoms. The van der Waals surface area contributed by atoms with Crippen molar-refractivity contribution in [3.63, 3.8) is 0 Å². The Labute approximate surface area is 126 Å². The lowest BCUT2D eigenvalue weighted by Crippen LogP contribution is -2.20. The molecule has 0 N–H and O–H groups in total. The summed E-state index contributed by atoms with van der Waals surface area (Å²) >= 11 is 0. The monoisotopic (exact) mass is 285 g/mol. The number of hydrogen-bond donors (Lipinski definition) is 0. The molecule has 0 rings (SSSR count). The van der Waals surface area contributed by atoms with Gasteiger partial charge in [0, 0.05) is 13.0 Å². The van der Waals surface area contributed by atoms with E-state index in [0.717, 1.165) is 19.4 Å². The van der Waals surface area contributed by atoms with E-state index in [4.69, 9.17) is 4.74 Å². The van der Waals surface area contributed by atoms with E-state index in [9.17, 15) is 4.79 Å². The zero-order chi connectivity index (χ0) is 15.1. The summed E-state index contributed by atoms with van der Waals surface area (Å²) in [4.78, 5) is 13.4. The van der Waals surface area contributed by atoms with Crippen LogP contribution in [-0.4, -0.2) is 38.1 Å². The van der Waals surface area contributed by atoms with E-state index in [2.05, 4.69) is 6.92 Å². The molecule has 0 aliphatic carbocycles. The lowest BCUT2D eigenvalue weighted by Gasteiger charge is -2.09. The Balaban J connectivity index is 3.13. The minimum Gasteiger partial charge on any atom is -0.464 e. The minimum absolute atomic E-state index is 0.0357. The summed E-state index contributed by atoms with van der Waals surface area (Å²) in [5.41, 5.74) is 0. The van der Waals surface area contributed by atoms with E-state index in [0.29, 0.717) is 13.0 Å². The summed E-state index contributed by atoms with van der Waals surface area (Å²) in [5, 5.41) is 0. The van der Waals surface area contributed by atoms with Crippen LogP contribution in [0.2, 0.25) is 0 Å². The van der Waals surface area contributed by atoms with Crippen molar-refractivity contribution in [1.82, 2.24) is 4.90 Å². The van der Waals surface area contributed by atoms with Crippen molar-refractivity contribution in [2.45, 2.75) is 77.6 Å². The molecule has 3 nitrogen and oxygen atoms in total. The van der Waals surface area contributed by atoms with Crippen molar-refractivity contribution >= 4 is 5.97 Å². The minimum atomic E-state index is -0.0357. The summed E-state index contributed by atoms with van der Waals surface area (Å²) in [6.45, 7) is 3.58. The second kappa shape index (κ2) is 14.8. The molecule has 120 valence electrons. The number of hydrogen-bond acceptors (Lipinski definition) is 3. The topological polar surface area (TPSA) is 29.5 Å². The third-order valence-corrected chi connectivity index (χ3v) is 3.54. The molecule has 0 aromatic rings. The zero-order valence-electron chi connectivity index (χ0n) is 14.0. The van der Waals surface area contributed by atoms with Gasteiger partial charge in [0.1, 0.15) is 6.61 Å². The second-order valence-corrected chi connectivity index (χ2v) is 5.96. The molecule has 0 saturated carbocycles. The van der Waals surface area contributed by atoms with Gasteiger partial charge in [-0.15, -0.1) is 0 Å². The van der Waals surface area contributed by atoms with Crippen LogP contribution in [0.25, 0.3) is 0 Å². The summed E-state index contributed by atoms with van der Waals surface area (Å²) in [6, 6.07) is 0. The van der Waals surface area contributed by atoms with Crippen molar-refractivity contribution in [2.75, 3.05) is 27.2 Å². The molecular formula is C17H35NO2. The number of esters is 1. The molecule has 0 radical (unpaired) electrons. The van der Waals surface area contributed by atoms with Crippen molar-refractivity contribution in [3.05, 3.63) is 0 Å². The van der Waals surface area contributed by atoms with E-state index >= 15 is 0 Å². The molecule has 0 amide bonds. The van der Waals surface area contributed by atoms with E-state index < -0.39 is 0 Å². The van der Waals surface area contributed by atoms with Gasteiger partial charge in [-0.3, -0.25) is 4.79 Å². The first-order chi connectivity index (χ1) is 9.66. The fourth-order valence-corrected chi connectivity index (χ4v) is 2.17. The summed E-state index contributed by atoms with van der Waals surface area (Å²) in [5.74, 6) is -0.0357. The van der Waals surface area contributed by atoms with Crippen LogP contribution in [0.1, 0.15) is 77.6 Å². The number of likely N-dealkylation sites (N-methyl/N-ethyl adjacent to an activating group) is 1. The Morgan fingerprint density at radius 1 is 0.850 bits per heavy atom. The molecule has 20 heavy (non-hydrogen) atoms. The van der Waals surface area contributed by atoms with Crippen LogP contribution in [0.5, 0.6) is 0 Å². The third-order valence-electron chi connectivity index (χ3n) is 3.54. The van der Waals surface area contributed by atoms with Gasteiger partial charge in [0.05, 0.1) is 0 Å². The standard InChI is InChI=1S/C17H35NO2/c1-4-5-6-7-8-9-10-11-12-13-14-17(19)20-16-15-18(2)3/h4-16H2,1-3H3. The molecule has 0 bridgehead atoms. The van der Waals surface area contributed by atoms with Crippen LogP contribution in [0, 0.1) is 0 Å². The smallest absolute Gasteiger partial charge is 0.305 e. The normalized spacial score (nSPS) is 11.0. The van der Waals surface area contributed by atoms with E-state index in [1.165, 1.54) is 51.4 Å². The van der Waals surface area contributed by atoms with Crippen LogP contribution < -0.4 is 0 Å². The lowest BCUT2D eigenvalue weighted by molar-refractivity contribution is -0.144. The predicted molar refractivity (Wildman–Crippen MR) is 86.0 cm³/mol. The number of carbonyl (C=O) groups is 1. The zero-order valence-corrected chi connectivity index (χ0v) is 14.0. The highest BCUT2D eigenvalue weighted by atomic mass is 16.5. The molecule has 0 unspecified atom stereocenters. The molecule has 0 aromatic heterocycles. The van der Waals surface area contributed by atoms with Gasteiger partial charge in [0.2, 0.25) is 0 Å². The maximum atomic E-state index is 11.4. The van der Waals surface area contributed by atoms with Gasteiger partial charge in [-0.05, 0) is 20.5 Å². The SMILES string of the molecule is CCCCCCCCCCCCC(=O)OCCN(C)C. The van der Waals surface area contributed by atoms with Crippen LogP contribution in [0.3, 0.4) is 0 Å². The number of nitrogens with zero attached hydrogens (tertiary/aromatic N) is 1. The average molecular weight is 285 g/mol. The first-order valence-electron chi connectivity index (χ1n) is 8.47. The Morgan fingerprint density at radius 3 is 1.85 bits per heavy atom. The molecule has 3 heteroatoms. The molecular weight excluding hydrogens is 250 g/mol. The summed E-state index contributed by atoms with van der Waals surface area (Å²) in [7, 11) is 3.96. The van der Waals surface area contributed by atoms with Gasteiger partial charge in [-0.25, -0.2) is 0 Å². The third kappa shape index (κ3) is 15.5. The second-order valence-electron chi connectivity index (χ2n) is 5.96. The molecule has 0 aliphatic heterocycles. The maximum absolute atomic E-state index is 11.4.